The number of nitrogens with one attached hydrogen (secondary N) is 1. The van der Waals surface area contributed by atoms with Gasteiger partial charge in [-0.05, 0) is 30.9 Å². The van der Waals surface area contributed by atoms with Gasteiger partial charge in [0, 0.05) is 23.9 Å². The van der Waals surface area contributed by atoms with E-state index in [9.17, 15) is 9.90 Å². The van der Waals surface area contributed by atoms with Crippen LogP contribution in [0.3, 0.4) is 0 Å². The Morgan fingerprint density at radius 2 is 1.80 bits per heavy atom. The Bertz CT molecular complexity index is 705. The van der Waals surface area contributed by atoms with Crippen LogP contribution in [0.25, 0.3) is 0 Å². The Balaban J connectivity index is 1.82. The van der Waals surface area contributed by atoms with Gasteiger partial charge in [0.05, 0.1) is 0 Å². The number of phenols is 1. The van der Waals surface area contributed by atoms with Crippen LogP contribution in [0.2, 0.25) is 0 Å². The van der Waals surface area contributed by atoms with Crippen molar-refractivity contribution >= 4 is 5.91 Å². The summed E-state index contributed by atoms with van der Waals surface area (Å²) in [6.07, 6.45) is 6.19. The number of carbonyl (C=O) groups excluding carboxylic acids is 1. The molecule has 132 valence electrons. The summed E-state index contributed by atoms with van der Waals surface area (Å²) in [5.41, 5.74) is 2.72. The van der Waals surface area contributed by atoms with E-state index in [-0.39, 0.29) is 11.8 Å². The predicted molar refractivity (Wildman–Crippen MR) is 101 cm³/mol. The lowest BCUT2D eigenvalue weighted by Crippen LogP contribution is -2.36. The van der Waals surface area contributed by atoms with E-state index in [1.807, 2.05) is 55.5 Å². The molecule has 0 heterocycles. The third-order valence-electron chi connectivity index (χ3n) is 5.21. The third-order valence-corrected chi connectivity index (χ3v) is 5.21. The van der Waals surface area contributed by atoms with Crippen molar-refractivity contribution in [2.24, 2.45) is 0 Å². The minimum atomic E-state index is -0.135. The number of rotatable bonds is 5. The quantitative estimate of drug-likeness (QED) is 0.833. The Hall–Kier alpha value is -2.29. The second-order valence-corrected chi connectivity index (χ2v) is 7.08. The van der Waals surface area contributed by atoms with Crippen LogP contribution in [-0.2, 0) is 4.79 Å². The highest BCUT2D eigenvalue weighted by molar-refractivity contribution is 5.78. The normalized spacial score (nSPS) is 16.4. The minimum Gasteiger partial charge on any atom is -0.507 e. The number of hydrogen-bond donors (Lipinski definition) is 2. The van der Waals surface area contributed by atoms with Crippen molar-refractivity contribution in [2.75, 3.05) is 0 Å². The summed E-state index contributed by atoms with van der Waals surface area (Å²) in [6.45, 7) is 1.89. The maximum absolute atomic E-state index is 12.7. The van der Waals surface area contributed by atoms with Gasteiger partial charge in [-0.2, -0.15) is 0 Å². The summed E-state index contributed by atoms with van der Waals surface area (Å²) in [4.78, 5) is 12.7. The highest BCUT2D eigenvalue weighted by atomic mass is 16.3. The van der Waals surface area contributed by atoms with E-state index in [2.05, 4.69) is 5.32 Å². The Morgan fingerprint density at radius 3 is 2.52 bits per heavy atom. The zero-order valence-corrected chi connectivity index (χ0v) is 14.9. The summed E-state index contributed by atoms with van der Waals surface area (Å²) in [6, 6.07) is 16.1. The maximum atomic E-state index is 12.7. The lowest BCUT2D eigenvalue weighted by Gasteiger charge is -2.25. The summed E-state index contributed by atoms with van der Waals surface area (Å²) in [5, 5.41) is 13.7. The summed E-state index contributed by atoms with van der Waals surface area (Å²) < 4.78 is 0. The van der Waals surface area contributed by atoms with Crippen LogP contribution < -0.4 is 5.32 Å². The van der Waals surface area contributed by atoms with E-state index in [0.717, 1.165) is 29.5 Å². The zero-order chi connectivity index (χ0) is 17.6. The number of hydrogen-bond acceptors (Lipinski definition) is 2. The first kappa shape index (κ1) is 17.5. The molecule has 1 atom stereocenters. The van der Waals surface area contributed by atoms with Gasteiger partial charge in [-0.15, -0.1) is 0 Å². The molecule has 0 spiro atoms. The van der Waals surface area contributed by atoms with Crippen molar-refractivity contribution in [2.45, 2.75) is 57.4 Å². The first-order valence-electron chi connectivity index (χ1n) is 9.28. The van der Waals surface area contributed by atoms with E-state index in [1.165, 1.54) is 19.3 Å². The Kier molecular flexibility index (Phi) is 5.75. The highest BCUT2D eigenvalue weighted by Crippen LogP contribution is 2.35. The van der Waals surface area contributed by atoms with Crippen LogP contribution in [-0.4, -0.2) is 17.1 Å². The molecule has 1 saturated carbocycles. The fourth-order valence-electron chi connectivity index (χ4n) is 3.77. The van der Waals surface area contributed by atoms with Gasteiger partial charge in [0.25, 0.3) is 0 Å². The molecule has 2 N–H and O–H groups in total. The molecular weight excluding hydrogens is 310 g/mol. The van der Waals surface area contributed by atoms with E-state index in [1.54, 1.807) is 0 Å². The molecule has 1 fully saturated rings. The molecule has 0 bridgehead atoms. The molecule has 0 aliphatic heterocycles. The van der Waals surface area contributed by atoms with Crippen LogP contribution in [0, 0.1) is 6.92 Å². The van der Waals surface area contributed by atoms with Gasteiger partial charge in [-0.3, -0.25) is 4.79 Å². The van der Waals surface area contributed by atoms with Gasteiger partial charge in [0.1, 0.15) is 5.75 Å². The number of aryl methyl sites for hydroxylation is 1. The van der Waals surface area contributed by atoms with Crippen molar-refractivity contribution in [3.8, 4) is 5.75 Å². The summed E-state index contributed by atoms with van der Waals surface area (Å²) >= 11 is 0. The first-order chi connectivity index (χ1) is 12.1. The van der Waals surface area contributed by atoms with Gasteiger partial charge in [0.15, 0.2) is 0 Å². The van der Waals surface area contributed by atoms with Gasteiger partial charge in [-0.25, -0.2) is 0 Å². The van der Waals surface area contributed by atoms with Crippen molar-refractivity contribution in [1.82, 2.24) is 5.32 Å². The third kappa shape index (κ3) is 4.41. The number of carbonyl (C=O) groups is 1. The lowest BCUT2D eigenvalue weighted by atomic mass is 9.86. The molecule has 1 aliphatic carbocycles. The van der Waals surface area contributed by atoms with Crippen molar-refractivity contribution in [3.05, 3.63) is 65.2 Å². The second kappa shape index (κ2) is 8.19. The molecule has 0 aromatic heterocycles. The van der Waals surface area contributed by atoms with E-state index in [4.69, 9.17) is 0 Å². The highest BCUT2D eigenvalue weighted by Gasteiger charge is 2.23. The Morgan fingerprint density at radius 1 is 1.08 bits per heavy atom. The van der Waals surface area contributed by atoms with Crippen LogP contribution in [0.4, 0.5) is 0 Å². The number of amides is 1. The number of para-hydroxylation sites is 1. The monoisotopic (exact) mass is 337 g/mol. The SMILES string of the molecule is Cc1cccc(C(CC(=O)NC2CCCCC2)c2ccccc2)c1O. The first-order valence-corrected chi connectivity index (χ1v) is 9.28. The number of benzene rings is 2. The molecule has 1 amide bonds. The van der Waals surface area contributed by atoms with E-state index >= 15 is 0 Å². The fraction of sp³-hybridized carbons (Fsp3) is 0.409. The number of aromatic hydroxyl groups is 1. The van der Waals surface area contributed by atoms with Crippen LogP contribution in [0.5, 0.6) is 5.75 Å². The molecule has 3 rings (SSSR count). The van der Waals surface area contributed by atoms with Crippen LogP contribution in [0.1, 0.15) is 61.1 Å². The standard InChI is InChI=1S/C22H27NO2/c1-16-9-8-14-19(22(16)25)20(17-10-4-2-5-11-17)15-21(24)23-18-12-6-3-7-13-18/h2,4-5,8-11,14,18,20,25H,3,6-7,12-13,15H2,1H3,(H,23,24). The predicted octanol–water partition coefficient (Wildman–Crippen LogP) is 4.67. The van der Waals surface area contributed by atoms with Crippen LogP contribution in [0.15, 0.2) is 48.5 Å². The average molecular weight is 337 g/mol. The largest absolute Gasteiger partial charge is 0.507 e. The number of phenolic OH excluding ortho intramolecular Hbond substituents is 1. The minimum absolute atomic E-state index is 0.0710. The van der Waals surface area contributed by atoms with Crippen molar-refractivity contribution in [1.29, 1.82) is 0 Å². The average Bonchev–Trinajstić information content (AvgIpc) is 2.64. The zero-order valence-electron chi connectivity index (χ0n) is 14.9. The lowest BCUT2D eigenvalue weighted by molar-refractivity contribution is -0.122. The Labute approximate surface area is 150 Å². The molecule has 0 radical (unpaired) electrons. The molecule has 2 aromatic carbocycles. The summed E-state index contributed by atoms with van der Waals surface area (Å²) in [7, 11) is 0. The van der Waals surface area contributed by atoms with E-state index < -0.39 is 0 Å². The van der Waals surface area contributed by atoms with Crippen molar-refractivity contribution in [3.63, 3.8) is 0 Å². The smallest absolute Gasteiger partial charge is 0.221 e. The molecule has 0 saturated heterocycles. The molecule has 3 nitrogen and oxygen atoms in total. The maximum Gasteiger partial charge on any atom is 0.221 e. The van der Waals surface area contributed by atoms with Crippen LogP contribution >= 0.6 is 0 Å². The molecule has 3 heteroatoms. The molecule has 1 aliphatic rings. The second-order valence-electron chi connectivity index (χ2n) is 7.08. The topological polar surface area (TPSA) is 49.3 Å². The van der Waals surface area contributed by atoms with Crippen molar-refractivity contribution < 1.29 is 9.90 Å². The molecular formula is C22H27NO2. The summed E-state index contributed by atoms with van der Waals surface area (Å²) in [5.74, 6) is 0.230. The van der Waals surface area contributed by atoms with Gasteiger partial charge in [0.2, 0.25) is 5.91 Å². The molecule has 25 heavy (non-hydrogen) atoms. The molecule has 2 aromatic rings. The molecule has 1 unspecified atom stereocenters. The van der Waals surface area contributed by atoms with E-state index in [0.29, 0.717) is 18.2 Å². The van der Waals surface area contributed by atoms with Gasteiger partial charge >= 0.3 is 0 Å². The fourth-order valence-corrected chi connectivity index (χ4v) is 3.77. The van der Waals surface area contributed by atoms with Gasteiger partial charge in [-0.1, -0.05) is 67.8 Å². The van der Waals surface area contributed by atoms with Gasteiger partial charge < -0.3 is 10.4 Å².